The third-order valence-electron chi connectivity index (χ3n) is 4.57. The SMILES string of the molecule is Cn1ccnc1CC1CCCN(c2ccc([N+](=O)[O-])c(C#N)c2)C1. The van der Waals surface area contributed by atoms with Gasteiger partial charge in [0.25, 0.3) is 5.69 Å². The van der Waals surface area contributed by atoms with Crippen LogP contribution in [0.3, 0.4) is 0 Å². The van der Waals surface area contributed by atoms with Crippen molar-refractivity contribution in [2.24, 2.45) is 13.0 Å². The molecule has 124 valence electrons. The van der Waals surface area contributed by atoms with Gasteiger partial charge in [-0.15, -0.1) is 0 Å². The minimum Gasteiger partial charge on any atom is -0.371 e. The van der Waals surface area contributed by atoms with Crippen molar-refractivity contribution in [3.8, 4) is 6.07 Å². The highest BCUT2D eigenvalue weighted by molar-refractivity contribution is 5.60. The number of nitro benzene ring substituents is 1. The zero-order valence-corrected chi connectivity index (χ0v) is 13.6. The summed E-state index contributed by atoms with van der Waals surface area (Å²) in [5.41, 5.74) is 0.855. The Morgan fingerprint density at radius 1 is 1.50 bits per heavy atom. The van der Waals surface area contributed by atoms with E-state index in [0.717, 1.165) is 43.9 Å². The molecule has 3 rings (SSSR count). The van der Waals surface area contributed by atoms with E-state index in [-0.39, 0.29) is 11.3 Å². The summed E-state index contributed by atoms with van der Waals surface area (Å²) >= 11 is 0. The van der Waals surface area contributed by atoms with E-state index in [0.29, 0.717) is 5.92 Å². The molecule has 0 radical (unpaired) electrons. The number of imidazole rings is 1. The van der Waals surface area contributed by atoms with Gasteiger partial charge >= 0.3 is 0 Å². The number of rotatable bonds is 4. The van der Waals surface area contributed by atoms with Crippen LogP contribution < -0.4 is 4.90 Å². The topological polar surface area (TPSA) is 88.0 Å². The predicted octanol–water partition coefficient (Wildman–Crippen LogP) is 2.66. The summed E-state index contributed by atoms with van der Waals surface area (Å²) in [6.07, 6.45) is 6.88. The Bertz CT molecular complexity index is 793. The Labute approximate surface area is 140 Å². The smallest absolute Gasteiger partial charge is 0.287 e. The fourth-order valence-corrected chi connectivity index (χ4v) is 3.29. The summed E-state index contributed by atoms with van der Waals surface area (Å²) < 4.78 is 2.04. The van der Waals surface area contributed by atoms with E-state index in [1.54, 1.807) is 12.1 Å². The first-order chi connectivity index (χ1) is 11.6. The van der Waals surface area contributed by atoms with Gasteiger partial charge in [-0.05, 0) is 30.9 Å². The molecule has 7 nitrogen and oxygen atoms in total. The van der Waals surface area contributed by atoms with Crippen molar-refractivity contribution in [1.82, 2.24) is 9.55 Å². The Morgan fingerprint density at radius 3 is 3.00 bits per heavy atom. The van der Waals surface area contributed by atoms with Gasteiger partial charge in [-0.25, -0.2) is 4.98 Å². The first kappa shape index (κ1) is 16.0. The molecule has 1 unspecified atom stereocenters. The standard InChI is InChI=1S/C17H19N5O2/c1-20-8-6-19-17(20)9-13-3-2-7-21(12-13)15-4-5-16(22(23)24)14(10-15)11-18/h4-6,8,10,13H,2-3,7,9,12H2,1H3. The molecule has 1 atom stereocenters. The summed E-state index contributed by atoms with van der Waals surface area (Å²) in [5, 5.41) is 20.1. The number of hydrogen-bond donors (Lipinski definition) is 0. The molecule has 1 aromatic heterocycles. The lowest BCUT2D eigenvalue weighted by atomic mass is 9.94. The second kappa shape index (κ2) is 6.71. The van der Waals surface area contributed by atoms with Crippen molar-refractivity contribution >= 4 is 11.4 Å². The molecule has 0 amide bonds. The summed E-state index contributed by atoms with van der Waals surface area (Å²) in [6.45, 7) is 1.77. The molecule has 1 saturated heterocycles. The average molecular weight is 325 g/mol. The van der Waals surface area contributed by atoms with Gasteiger partial charge in [0.05, 0.1) is 4.92 Å². The van der Waals surface area contributed by atoms with Crippen LogP contribution in [0.4, 0.5) is 11.4 Å². The summed E-state index contributed by atoms with van der Waals surface area (Å²) in [7, 11) is 2.00. The number of anilines is 1. The van der Waals surface area contributed by atoms with Crippen molar-refractivity contribution in [2.45, 2.75) is 19.3 Å². The van der Waals surface area contributed by atoms with E-state index in [1.165, 1.54) is 6.07 Å². The molecule has 0 aliphatic carbocycles. The summed E-state index contributed by atoms with van der Waals surface area (Å²) in [4.78, 5) is 17.1. The molecule has 1 aliphatic rings. The number of nitrogens with zero attached hydrogens (tertiary/aromatic N) is 5. The van der Waals surface area contributed by atoms with Crippen LogP contribution >= 0.6 is 0 Å². The molecular weight excluding hydrogens is 306 g/mol. The maximum atomic E-state index is 11.0. The molecule has 2 aromatic rings. The minimum atomic E-state index is -0.511. The van der Waals surface area contributed by atoms with E-state index in [1.807, 2.05) is 30.1 Å². The number of nitriles is 1. The molecule has 7 heteroatoms. The van der Waals surface area contributed by atoms with Gasteiger partial charge in [0.1, 0.15) is 17.5 Å². The van der Waals surface area contributed by atoms with Gasteiger partial charge < -0.3 is 9.47 Å². The van der Waals surface area contributed by atoms with Gasteiger partial charge in [-0.2, -0.15) is 5.26 Å². The van der Waals surface area contributed by atoms with E-state index >= 15 is 0 Å². The first-order valence-electron chi connectivity index (χ1n) is 7.98. The molecular formula is C17H19N5O2. The highest BCUT2D eigenvalue weighted by atomic mass is 16.6. The molecule has 0 spiro atoms. The average Bonchev–Trinajstić information content (AvgIpc) is 2.99. The maximum absolute atomic E-state index is 11.0. The maximum Gasteiger partial charge on any atom is 0.287 e. The lowest BCUT2D eigenvalue weighted by Gasteiger charge is -2.34. The van der Waals surface area contributed by atoms with Gasteiger partial charge in [-0.3, -0.25) is 10.1 Å². The number of hydrogen-bond acceptors (Lipinski definition) is 5. The second-order valence-electron chi connectivity index (χ2n) is 6.18. The van der Waals surface area contributed by atoms with Gasteiger partial charge in [0.15, 0.2) is 0 Å². The van der Waals surface area contributed by atoms with Crippen molar-refractivity contribution in [2.75, 3.05) is 18.0 Å². The molecule has 0 saturated carbocycles. The van der Waals surface area contributed by atoms with Crippen LogP contribution in [0.5, 0.6) is 0 Å². The zero-order valence-electron chi connectivity index (χ0n) is 13.6. The summed E-state index contributed by atoms with van der Waals surface area (Å²) in [5.74, 6) is 1.56. The number of aromatic nitrogens is 2. The van der Waals surface area contributed by atoms with Crippen molar-refractivity contribution in [3.05, 3.63) is 52.1 Å². The molecule has 1 aliphatic heterocycles. The van der Waals surface area contributed by atoms with E-state index in [9.17, 15) is 10.1 Å². The van der Waals surface area contributed by atoms with Crippen LogP contribution in [0.2, 0.25) is 0 Å². The van der Waals surface area contributed by atoms with Crippen LogP contribution in [0.1, 0.15) is 24.2 Å². The number of nitro groups is 1. The molecule has 1 aromatic carbocycles. The van der Waals surface area contributed by atoms with Crippen LogP contribution in [-0.4, -0.2) is 27.6 Å². The van der Waals surface area contributed by atoms with Crippen molar-refractivity contribution < 1.29 is 4.92 Å². The minimum absolute atomic E-state index is 0.115. The summed E-state index contributed by atoms with van der Waals surface area (Å²) in [6, 6.07) is 6.72. The third-order valence-corrected chi connectivity index (χ3v) is 4.57. The third kappa shape index (κ3) is 3.23. The Kier molecular flexibility index (Phi) is 4.47. The van der Waals surface area contributed by atoms with Crippen molar-refractivity contribution in [1.29, 1.82) is 5.26 Å². The number of aryl methyl sites for hydroxylation is 1. The molecule has 0 bridgehead atoms. The lowest BCUT2D eigenvalue weighted by molar-refractivity contribution is -0.385. The molecule has 24 heavy (non-hydrogen) atoms. The fraction of sp³-hybridized carbons (Fsp3) is 0.412. The van der Waals surface area contributed by atoms with Gasteiger partial charge in [-0.1, -0.05) is 0 Å². The zero-order chi connectivity index (χ0) is 17.1. The van der Waals surface area contributed by atoms with Crippen LogP contribution in [0.15, 0.2) is 30.6 Å². The van der Waals surface area contributed by atoms with Gasteiger partial charge in [0, 0.05) is 50.7 Å². The Balaban J connectivity index is 1.76. The van der Waals surface area contributed by atoms with Crippen LogP contribution in [0, 0.1) is 27.4 Å². The lowest BCUT2D eigenvalue weighted by Crippen LogP contribution is -2.36. The fourth-order valence-electron chi connectivity index (χ4n) is 3.29. The Morgan fingerprint density at radius 2 is 2.33 bits per heavy atom. The van der Waals surface area contributed by atoms with E-state index < -0.39 is 4.92 Å². The van der Waals surface area contributed by atoms with Gasteiger partial charge in [0.2, 0.25) is 0 Å². The highest BCUT2D eigenvalue weighted by Crippen LogP contribution is 2.29. The molecule has 0 N–H and O–H groups in total. The monoisotopic (exact) mass is 325 g/mol. The highest BCUT2D eigenvalue weighted by Gasteiger charge is 2.23. The van der Waals surface area contributed by atoms with Crippen molar-refractivity contribution in [3.63, 3.8) is 0 Å². The van der Waals surface area contributed by atoms with Crippen LogP contribution in [0.25, 0.3) is 0 Å². The first-order valence-corrected chi connectivity index (χ1v) is 7.98. The Hall–Kier alpha value is -2.88. The molecule has 2 heterocycles. The van der Waals surface area contributed by atoms with E-state index in [2.05, 4.69) is 9.88 Å². The number of benzene rings is 1. The van der Waals surface area contributed by atoms with Crippen LogP contribution in [-0.2, 0) is 13.5 Å². The normalized spacial score (nSPS) is 17.5. The quantitative estimate of drug-likeness (QED) is 0.637. The van der Waals surface area contributed by atoms with E-state index in [4.69, 9.17) is 5.26 Å². The molecule has 1 fully saturated rings. The predicted molar refractivity (Wildman–Crippen MR) is 89.7 cm³/mol. The number of piperidine rings is 1. The second-order valence-corrected chi connectivity index (χ2v) is 6.18. The largest absolute Gasteiger partial charge is 0.371 e.